The van der Waals surface area contributed by atoms with E-state index >= 15 is 0 Å². The zero-order valence-electron chi connectivity index (χ0n) is 13.8. The zero-order valence-corrected chi connectivity index (χ0v) is 13.8. The second kappa shape index (κ2) is 8.20. The van der Waals surface area contributed by atoms with E-state index in [9.17, 15) is 0 Å². The van der Waals surface area contributed by atoms with E-state index in [1.54, 1.807) is 6.20 Å². The Morgan fingerprint density at radius 3 is 2.20 bits per heavy atom. The summed E-state index contributed by atoms with van der Waals surface area (Å²) < 4.78 is 0. The predicted octanol–water partition coefficient (Wildman–Crippen LogP) is 3.31. The Bertz CT molecular complexity index is 380. The average molecular weight is 278 g/mol. The van der Waals surface area contributed by atoms with Crippen molar-refractivity contribution < 1.29 is 0 Å². The fraction of sp³-hybridized carbons (Fsp3) is 0.750. The van der Waals surface area contributed by atoms with Gasteiger partial charge >= 0.3 is 0 Å². The summed E-state index contributed by atoms with van der Waals surface area (Å²) in [5.74, 6) is 2.86. The topological polar surface area (TPSA) is 49.8 Å². The van der Waals surface area contributed by atoms with Gasteiger partial charge in [-0.15, -0.1) is 0 Å². The third-order valence-corrected chi connectivity index (χ3v) is 3.61. The maximum Gasteiger partial charge on any atom is 0.144 e. The number of aromatic nitrogens is 2. The van der Waals surface area contributed by atoms with E-state index in [2.05, 4.69) is 62.1 Å². The number of rotatable bonds is 8. The molecule has 0 aliphatic rings. The molecule has 0 atom stereocenters. The Morgan fingerprint density at radius 2 is 1.65 bits per heavy atom. The van der Waals surface area contributed by atoms with Crippen LogP contribution in [0.2, 0.25) is 0 Å². The van der Waals surface area contributed by atoms with Crippen LogP contribution >= 0.6 is 0 Å². The molecule has 0 spiro atoms. The summed E-state index contributed by atoms with van der Waals surface area (Å²) in [5.41, 5.74) is 0.981. The Labute approximate surface area is 123 Å². The quantitative estimate of drug-likeness (QED) is 0.766. The summed E-state index contributed by atoms with van der Waals surface area (Å²) in [4.78, 5) is 8.86. The molecule has 0 radical (unpaired) electrons. The lowest BCUT2D eigenvalue weighted by molar-refractivity contribution is 0.304. The van der Waals surface area contributed by atoms with Crippen molar-refractivity contribution in [1.82, 2.24) is 15.3 Å². The predicted molar refractivity (Wildman–Crippen MR) is 85.7 cm³/mol. The van der Waals surface area contributed by atoms with E-state index in [1.807, 2.05) is 6.20 Å². The van der Waals surface area contributed by atoms with Gasteiger partial charge in [0.15, 0.2) is 0 Å². The summed E-state index contributed by atoms with van der Waals surface area (Å²) in [6, 6.07) is 0.458. The lowest BCUT2D eigenvalue weighted by Crippen LogP contribution is -2.25. The average Bonchev–Trinajstić information content (AvgIpc) is 2.36. The van der Waals surface area contributed by atoms with Crippen LogP contribution in [0.5, 0.6) is 0 Å². The first-order valence-corrected chi connectivity index (χ1v) is 7.68. The molecule has 114 valence electrons. The molecular formula is C16H30N4. The molecule has 0 saturated carbocycles. The molecule has 0 aliphatic carbocycles. The van der Waals surface area contributed by atoms with Crippen LogP contribution in [0, 0.1) is 17.8 Å². The van der Waals surface area contributed by atoms with Crippen molar-refractivity contribution >= 4 is 5.82 Å². The summed E-state index contributed by atoms with van der Waals surface area (Å²) in [6.45, 7) is 15.1. The van der Waals surface area contributed by atoms with Crippen LogP contribution in [-0.4, -0.2) is 22.6 Å². The van der Waals surface area contributed by atoms with Gasteiger partial charge in [-0.1, -0.05) is 41.5 Å². The minimum absolute atomic E-state index is 0.458. The lowest BCUT2D eigenvalue weighted by Gasteiger charge is -2.25. The maximum atomic E-state index is 4.60. The minimum atomic E-state index is 0.458. The molecule has 1 aromatic heterocycles. The molecule has 0 amide bonds. The van der Waals surface area contributed by atoms with Gasteiger partial charge in [-0.05, 0) is 17.8 Å². The lowest BCUT2D eigenvalue weighted by atomic mass is 9.85. The molecule has 0 aromatic carbocycles. The van der Waals surface area contributed by atoms with Gasteiger partial charge in [-0.3, -0.25) is 4.98 Å². The molecule has 20 heavy (non-hydrogen) atoms. The summed E-state index contributed by atoms with van der Waals surface area (Å²) in [7, 11) is 0. The third kappa shape index (κ3) is 5.87. The van der Waals surface area contributed by atoms with Crippen LogP contribution in [0.4, 0.5) is 5.82 Å². The Hall–Kier alpha value is -1.16. The van der Waals surface area contributed by atoms with Gasteiger partial charge in [0.1, 0.15) is 5.82 Å². The summed E-state index contributed by atoms with van der Waals surface area (Å²) in [6.07, 6.45) is 3.62. The van der Waals surface area contributed by atoms with Crippen molar-refractivity contribution in [3.63, 3.8) is 0 Å². The van der Waals surface area contributed by atoms with Crippen molar-refractivity contribution in [2.24, 2.45) is 17.8 Å². The first-order chi connectivity index (χ1) is 9.40. The van der Waals surface area contributed by atoms with Crippen molar-refractivity contribution in [1.29, 1.82) is 0 Å². The van der Waals surface area contributed by atoms with Crippen molar-refractivity contribution in [3.8, 4) is 0 Å². The number of anilines is 1. The summed E-state index contributed by atoms with van der Waals surface area (Å²) >= 11 is 0. The molecule has 1 rings (SSSR count). The third-order valence-electron chi connectivity index (χ3n) is 3.61. The molecule has 4 heteroatoms. The van der Waals surface area contributed by atoms with Crippen molar-refractivity contribution in [2.45, 2.75) is 54.1 Å². The van der Waals surface area contributed by atoms with Crippen LogP contribution in [0.15, 0.2) is 12.4 Å². The smallest absolute Gasteiger partial charge is 0.144 e. The van der Waals surface area contributed by atoms with Gasteiger partial charge in [-0.25, -0.2) is 4.98 Å². The Morgan fingerprint density at radius 1 is 1.00 bits per heavy atom. The highest BCUT2D eigenvalue weighted by Crippen LogP contribution is 2.20. The van der Waals surface area contributed by atoms with Gasteiger partial charge in [0.25, 0.3) is 0 Å². The zero-order chi connectivity index (χ0) is 15.1. The number of nitrogens with zero attached hydrogens (tertiary/aromatic N) is 2. The first kappa shape index (κ1) is 16.9. The van der Waals surface area contributed by atoms with Gasteiger partial charge < -0.3 is 10.6 Å². The van der Waals surface area contributed by atoms with Crippen molar-refractivity contribution in [3.05, 3.63) is 18.1 Å². The van der Waals surface area contributed by atoms with Crippen LogP contribution < -0.4 is 10.6 Å². The summed E-state index contributed by atoms with van der Waals surface area (Å²) in [5, 5.41) is 6.79. The number of nitrogens with one attached hydrogen (secondary N) is 2. The first-order valence-electron chi connectivity index (χ1n) is 7.68. The fourth-order valence-electron chi connectivity index (χ4n) is 2.35. The number of hydrogen-bond donors (Lipinski definition) is 2. The second-order valence-electron chi connectivity index (χ2n) is 6.46. The van der Waals surface area contributed by atoms with Gasteiger partial charge in [-0.2, -0.15) is 0 Å². The maximum absolute atomic E-state index is 4.60. The minimum Gasteiger partial charge on any atom is -0.368 e. The molecule has 0 bridgehead atoms. The monoisotopic (exact) mass is 278 g/mol. The van der Waals surface area contributed by atoms with Gasteiger partial charge in [0.05, 0.1) is 11.9 Å². The molecular weight excluding hydrogens is 248 g/mol. The number of hydrogen-bond acceptors (Lipinski definition) is 4. The molecule has 1 heterocycles. The Kier molecular flexibility index (Phi) is 6.93. The molecule has 0 fully saturated rings. The highest BCUT2D eigenvalue weighted by Gasteiger charge is 2.17. The van der Waals surface area contributed by atoms with Gasteiger partial charge in [0.2, 0.25) is 0 Å². The Balaban J connectivity index is 2.57. The highest BCUT2D eigenvalue weighted by molar-refractivity contribution is 5.31. The van der Waals surface area contributed by atoms with Gasteiger partial charge in [0, 0.05) is 25.3 Å². The van der Waals surface area contributed by atoms with E-state index in [1.165, 1.54) is 0 Å². The SMILES string of the molecule is CC(C)NCc1cncc(NCC(C(C)C)C(C)C)n1. The van der Waals surface area contributed by atoms with E-state index in [0.29, 0.717) is 23.8 Å². The van der Waals surface area contributed by atoms with Crippen LogP contribution in [0.25, 0.3) is 0 Å². The molecule has 2 N–H and O–H groups in total. The molecule has 0 aliphatic heterocycles. The van der Waals surface area contributed by atoms with E-state index in [-0.39, 0.29) is 0 Å². The van der Waals surface area contributed by atoms with Crippen LogP contribution in [0.3, 0.4) is 0 Å². The molecule has 1 aromatic rings. The van der Waals surface area contributed by atoms with Crippen LogP contribution in [-0.2, 0) is 6.54 Å². The normalized spacial score (nSPS) is 11.9. The van der Waals surface area contributed by atoms with Crippen LogP contribution in [0.1, 0.15) is 47.2 Å². The molecule has 0 saturated heterocycles. The van der Waals surface area contributed by atoms with E-state index < -0.39 is 0 Å². The largest absolute Gasteiger partial charge is 0.368 e. The second-order valence-corrected chi connectivity index (χ2v) is 6.46. The standard InChI is InChI=1S/C16H30N4/c1-11(2)15(12(3)4)9-19-16-10-17-7-14(20-16)8-18-13(5)6/h7,10-13,15,18H,8-9H2,1-6H3,(H,19,20). The van der Waals surface area contributed by atoms with Crippen molar-refractivity contribution in [2.75, 3.05) is 11.9 Å². The molecule has 0 unspecified atom stereocenters. The molecule has 4 nitrogen and oxygen atoms in total. The van der Waals surface area contributed by atoms with E-state index in [4.69, 9.17) is 0 Å². The fourth-order valence-corrected chi connectivity index (χ4v) is 2.35. The van der Waals surface area contributed by atoms with E-state index in [0.717, 1.165) is 24.6 Å². The highest BCUT2D eigenvalue weighted by atomic mass is 15.0.